The van der Waals surface area contributed by atoms with Crippen molar-refractivity contribution in [2.24, 2.45) is 0 Å². The van der Waals surface area contributed by atoms with E-state index in [2.05, 4.69) is 4.98 Å². The number of hydrogen-bond acceptors (Lipinski definition) is 6. The van der Waals surface area contributed by atoms with Gasteiger partial charge in [0, 0.05) is 45.8 Å². The van der Waals surface area contributed by atoms with Crippen LogP contribution < -0.4 is 9.64 Å². The van der Waals surface area contributed by atoms with E-state index in [1.807, 2.05) is 21.9 Å². The van der Waals surface area contributed by atoms with Crippen LogP contribution in [-0.4, -0.2) is 74.2 Å². The lowest BCUT2D eigenvalue weighted by Gasteiger charge is -2.39. The lowest BCUT2D eigenvalue weighted by Crippen LogP contribution is -2.53. The first kappa shape index (κ1) is 22.8. The molecular formula is C21H25F3N4O3S. The van der Waals surface area contributed by atoms with Crippen LogP contribution in [0.4, 0.5) is 19.0 Å². The molecule has 0 spiro atoms. The van der Waals surface area contributed by atoms with Gasteiger partial charge in [-0.15, -0.1) is 0 Å². The molecule has 0 aliphatic carbocycles. The molecular weight excluding hydrogens is 445 g/mol. The Balaban J connectivity index is 1.24. The van der Waals surface area contributed by atoms with Crippen molar-refractivity contribution in [1.29, 1.82) is 0 Å². The van der Waals surface area contributed by atoms with Gasteiger partial charge in [0.2, 0.25) is 10.0 Å². The van der Waals surface area contributed by atoms with Crippen LogP contribution in [0, 0.1) is 0 Å². The quantitative estimate of drug-likeness (QED) is 0.646. The topological polar surface area (TPSA) is 66.0 Å². The van der Waals surface area contributed by atoms with E-state index in [4.69, 9.17) is 4.74 Å². The van der Waals surface area contributed by atoms with Gasteiger partial charge in [-0.05, 0) is 23.8 Å². The average molecular weight is 471 g/mol. The van der Waals surface area contributed by atoms with Gasteiger partial charge in [0.25, 0.3) is 0 Å². The normalized spacial score (nSPS) is 19.1. The number of aromatic nitrogens is 1. The number of benzene rings is 1. The van der Waals surface area contributed by atoms with E-state index < -0.39 is 21.8 Å². The molecule has 2 aliphatic heterocycles. The molecule has 2 aliphatic rings. The molecule has 0 amide bonds. The van der Waals surface area contributed by atoms with Crippen LogP contribution in [0.15, 0.2) is 42.6 Å². The Morgan fingerprint density at radius 3 is 2.41 bits per heavy atom. The number of rotatable bonds is 6. The number of hydrogen-bond donors (Lipinski definition) is 0. The molecule has 3 heterocycles. The summed E-state index contributed by atoms with van der Waals surface area (Å²) >= 11 is 0. The van der Waals surface area contributed by atoms with Crippen LogP contribution in [0.25, 0.3) is 0 Å². The molecule has 0 N–H and O–H groups in total. The molecule has 7 nitrogen and oxygen atoms in total. The summed E-state index contributed by atoms with van der Waals surface area (Å²) < 4.78 is 69.2. The third-order valence-electron chi connectivity index (χ3n) is 5.64. The third kappa shape index (κ3) is 5.51. The maximum Gasteiger partial charge on any atom is 0.416 e. The fourth-order valence-electron chi connectivity index (χ4n) is 3.90. The number of piperazine rings is 1. The zero-order chi connectivity index (χ0) is 22.9. The van der Waals surface area contributed by atoms with E-state index in [1.165, 1.54) is 22.7 Å². The molecule has 11 heteroatoms. The van der Waals surface area contributed by atoms with Gasteiger partial charge in [0.05, 0.1) is 18.0 Å². The van der Waals surface area contributed by atoms with E-state index in [1.54, 1.807) is 12.3 Å². The van der Waals surface area contributed by atoms with Crippen molar-refractivity contribution >= 4 is 15.8 Å². The first-order valence-electron chi connectivity index (χ1n) is 10.3. The van der Waals surface area contributed by atoms with Crippen LogP contribution in [-0.2, 0) is 22.7 Å². The highest BCUT2D eigenvalue weighted by Crippen LogP contribution is 2.30. The molecule has 174 valence electrons. The summed E-state index contributed by atoms with van der Waals surface area (Å²) in [6, 6.07) is 9.08. The number of alkyl halides is 3. The molecule has 0 bridgehead atoms. The highest BCUT2D eigenvalue weighted by molar-refractivity contribution is 7.88. The highest BCUT2D eigenvalue weighted by atomic mass is 32.2. The minimum atomic E-state index is -4.34. The zero-order valence-electron chi connectivity index (χ0n) is 17.6. The van der Waals surface area contributed by atoms with Gasteiger partial charge < -0.3 is 9.64 Å². The number of nitrogens with zero attached hydrogens (tertiary/aromatic N) is 4. The highest BCUT2D eigenvalue weighted by Gasteiger charge is 2.32. The Morgan fingerprint density at radius 2 is 1.81 bits per heavy atom. The van der Waals surface area contributed by atoms with Crippen molar-refractivity contribution in [3.05, 3.63) is 53.7 Å². The van der Waals surface area contributed by atoms with Gasteiger partial charge in [-0.1, -0.05) is 18.2 Å². The molecule has 32 heavy (non-hydrogen) atoms. The van der Waals surface area contributed by atoms with Crippen molar-refractivity contribution in [2.75, 3.05) is 50.4 Å². The number of pyridine rings is 1. The van der Waals surface area contributed by atoms with Crippen molar-refractivity contribution in [3.8, 4) is 5.75 Å². The van der Waals surface area contributed by atoms with Crippen molar-refractivity contribution < 1.29 is 26.3 Å². The Bertz CT molecular complexity index is 1030. The van der Waals surface area contributed by atoms with Crippen molar-refractivity contribution in [2.45, 2.75) is 18.8 Å². The molecule has 0 saturated carbocycles. The van der Waals surface area contributed by atoms with Gasteiger partial charge in [0.15, 0.2) is 0 Å². The second-order valence-corrected chi connectivity index (χ2v) is 10.1. The zero-order valence-corrected chi connectivity index (χ0v) is 18.4. The van der Waals surface area contributed by atoms with Crippen LogP contribution >= 0.6 is 0 Å². The Kier molecular flexibility index (Phi) is 6.33. The van der Waals surface area contributed by atoms with Crippen molar-refractivity contribution in [1.82, 2.24) is 14.2 Å². The minimum absolute atomic E-state index is 0.0354. The van der Waals surface area contributed by atoms with Crippen LogP contribution in [0.1, 0.15) is 11.1 Å². The maximum atomic E-state index is 12.8. The summed E-state index contributed by atoms with van der Waals surface area (Å²) in [4.78, 5) is 8.50. The largest absolute Gasteiger partial charge is 0.486 e. The molecule has 2 aromatic rings. The number of anilines is 1. The minimum Gasteiger partial charge on any atom is -0.486 e. The third-order valence-corrected chi connectivity index (χ3v) is 6.94. The van der Waals surface area contributed by atoms with Crippen molar-refractivity contribution in [3.63, 3.8) is 0 Å². The molecule has 1 aromatic carbocycles. The molecule has 4 rings (SSSR count). The van der Waals surface area contributed by atoms with E-state index >= 15 is 0 Å². The summed E-state index contributed by atoms with van der Waals surface area (Å²) in [7, 11) is -3.17. The fourth-order valence-corrected chi connectivity index (χ4v) is 4.73. The van der Waals surface area contributed by atoms with Gasteiger partial charge in [0.1, 0.15) is 17.7 Å². The monoisotopic (exact) mass is 470 g/mol. The van der Waals surface area contributed by atoms with Crippen LogP contribution in [0.5, 0.6) is 5.75 Å². The summed E-state index contributed by atoms with van der Waals surface area (Å²) in [5.41, 5.74) is -0.00696. The van der Waals surface area contributed by atoms with Gasteiger partial charge in [-0.2, -0.15) is 17.5 Å². The van der Waals surface area contributed by atoms with E-state index in [0.29, 0.717) is 57.1 Å². The number of ether oxygens (including phenoxy) is 1. The predicted molar refractivity (Wildman–Crippen MR) is 114 cm³/mol. The number of halogens is 3. The first-order chi connectivity index (χ1) is 15.1. The second kappa shape index (κ2) is 8.87. The molecule has 0 radical (unpaired) electrons. The maximum absolute atomic E-state index is 12.8. The standard InChI is InChI=1S/C21H25F3N4O3S/c1-32(29,30)28-9-7-27(8-10-28)20-6-5-18(12-25-20)31-19-14-26(15-19)13-16-3-2-4-17(11-16)21(22,23)24/h2-6,11-12,19H,7-10,13-15H2,1H3. The second-order valence-electron chi connectivity index (χ2n) is 8.13. The van der Waals surface area contributed by atoms with E-state index in [9.17, 15) is 21.6 Å². The molecule has 0 unspecified atom stereocenters. The summed E-state index contributed by atoms with van der Waals surface area (Å²) in [5, 5.41) is 0. The number of likely N-dealkylation sites (tertiary alicyclic amines) is 1. The first-order valence-corrected chi connectivity index (χ1v) is 12.1. The van der Waals surface area contributed by atoms with Crippen LogP contribution in [0.3, 0.4) is 0 Å². The van der Waals surface area contributed by atoms with Gasteiger partial charge >= 0.3 is 6.18 Å². The summed E-state index contributed by atoms with van der Waals surface area (Å²) in [6.07, 6.45) is -1.51. The number of sulfonamides is 1. The average Bonchev–Trinajstić information content (AvgIpc) is 2.72. The fraction of sp³-hybridized carbons (Fsp3) is 0.476. The molecule has 2 saturated heterocycles. The lowest BCUT2D eigenvalue weighted by molar-refractivity contribution is -0.137. The Labute approximate surface area is 185 Å². The SMILES string of the molecule is CS(=O)(=O)N1CCN(c2ccc(OC3CN(Cc4cccc(C(F)(F)F)c4)C3)cn2)CC1. The smallest absolute Gasteiger partial charge is 0.416 e. The summed E-state index contributed by atoms with van der Waals surface area (Å²) in [5.74, 6) is 1.40. The lowest BCUT2D eigenvalue weighted by atomic mass is 10.1. The Morgan fingerprint density at radius 1 is 1.09 bits per heavy atom. The molecule has 0 atom stereocenters. The van der Waals surface area contributed by atoms with E-state index in [0.717, 1.165) is 11.9 Å². The molecule has 2 fully saturated rings. The molecule has 1 aromatic heterocycles. The van der Waals surface area contributed by atoms with Gasteiger partial charge in [-0.3, -0.25) is 4.90 Å². The summed E-state index contributed by atoms with van der Waals surface area (Å²) in [6.45, 7) is 3.73. The Hall–Kier alpha value is -2.37. The van der Waals surface area contributed by atoms with Crippen LogP contribution in [0.2, 0.25) is 0 Å². The van der Waals surface area contributed by atoms with E-state index in [-0.39, 0.29) is 6.10 Å². The predicted octanol–water partition coefficient (Wildman–Crippen LogP) is 2.45. The van der Waals surface area contributed by atoms with Gasteiger partial charge in [-0.25, -0.2) is 13.4 Å².